The van der Waals surface area contributed by atoms with Gasteiger partial charge in [-0.15, -0.1) is 0 Å². The number of rotatable bonds is 4. The number of ether oxygens (including phenoxy) is 2. The lowest BCUT2D eigenvalue weighted by Crippen LogP contribution is -2.23. The van der Waals surface area contributed by atoms with Crippen molar-refractivity contribution in [3.8, 4) is 0 Å². The normalized spacial score (nSPS) is 15.2. The van der Waals surface area contributed by atoms with E-state index in [0.29, 0.717) is 0 Å². The van der Waals surface area contributed by atoms with Gasteiger partial charge in [0, 0.05) is 0 Å². The highest BCUT2D eigenvalue weighted by Crippen LogP contribution is 2.28. The van der Waals surface area contributed by atoms with Crippen molar-refractivity contribution >= 4 is 44.7 Å². The Kier molecular flexibility index (Phi) is 6.28. The molecular weight excluding hydrogens is 351 g/mol. The molecule has 0 saturated carbocycles. The van der Waals surface area contributed by atoms with Gasteiger partial charge in [0.05, 0.1) is 0 Å². The van der Waals surface area contributed by atoms with E-state index in [0.717, 1.165) is 12.8 Å². The molecule has 0 aromatic rings. The van der Waals surface area contributed by atoms with Crippen LogP contribution in [0.1, 0.15) is 33.6 Å². The highest BCUT2D eigenvalue weighted by Gasteiger charge is 2.23. The molecule has 0 amide bonds. The number of carbonyl (C=O) groups is 1. The SMILES string of the molecule is CCC(CC)OC(=O)OC(C)(Br)I. The summed E-state index contributed by atoms with van der Waals surface area (Å²) in [5.74, 6) is 0. The number of halogens is 2. The second-order valence-corrected chi connectivity index (χ2v) is 7.77. The summed E-state index contributed by atoms with van der Waals surface area (Å²) in [5.41, 5.74) is 0. The molecule has 0 fully saturated rings. The molecule has 0 aromatic carbocycles. The summed E-state index contributed by atoms with van der Waals surface area (Å²) in [6.07, 6.45) is 0.957. The topological polar surface area (TPSA) is 35.5 Å². The van der Waals surface area contributed by atoms with Gasteiger partial charge in [0.1, 0.15) is 6.10 Å². The van der Waals surface area contributed by atoms with Crippen LogP contribution in [0.4, 0.5) is 4.79 Å². The molecule has 0 spiro atoms. The minimum Gasteiger partial charge on any atom is -0.431 e. The Morgan fingerprint density at radius 2 is 2.00 bits per heavy atom. The lowest BCUT2D eigenvalue weighted by atomic mass is 10.2. The van der Waals surface area contributed by atoms with Gasteiger partial charge in [-0.05, 0) is 58.3 Å². The molecule has 0 N–H and O–H groups in total. The van der Waals surface area contributed by atoms with E-state index in [4.69, 9.17) is 9.47 Å². The van der Waals surface area contributed by atoms with Gasteiger partial charge < -0.3 is 9.47 Å². The maximum absolute atomic E-state index is 11.1. The molecule has 0 saturated heterocycles. The first-order chi connectivity index (χ1) is 5.89. The van der Waals surface area contributed by atoms with Crippen LogP contribution in [0.5, 0.6) is 0 Å². The molecule has 0 aliphatic rings. The largest absolute Gasteiger partial charge is 0.510 e. The van der Waals surface area contributed by atoms with Crippen molar-refractivity contribution in [2.24, 2.45) is 0 Å². The lowest BCUT2D eigenvalue weighted by Gasteiger charge is -2.18. The third-order valence-corrected chi connectivity index (χ3v) is 1.82. The maximum atomic E-state index is 11.1. The molecule has 0 aromatic heterocycles. The summed E-state index contributed by atoms with van der Waals surface area (Å²) in [6.45, 7) is 5.67. The van der Waals surface area contributed by atoms with Crippen molar-refractivity contribution in [3.05, 3.63) is 0 Å². The quantitative estimate of drug-likeness (QED) is 0.432. The summed E-state index contributed by atoms with van der Waals surface area (Å²) in [7, 11) is 0. The number of hydrogen-bond acceptors (Lipinski definition) is 3. The van der Waals surface area contributed by atoms with Crippen molar-refractivity contribution in [3.63, 3.8) is 0 Å². The maximum Gasteiger partial charge on any atom is 0.510 e. The first kappa shape index (κ1) is 13.5. The third kappa shape index (κ3) is 7.54. The van der Waals surface area contributed by atoms with Gasteiger partial charge in [-0.3, -0.25) is 0 Å². The van der Waals surface area contributed by atoms with Crippen LogP contribution >= 0.6 is 38.5 Å². The van der Waals surface area contributed by atoms with Crippen LogP contribution < -0.4 is 0 Å². The molecule has 13 heavy (non-hydrogen) atoms. The molecule has 1 unspecified atom stereocenters. The van der Waals surface area contributed by atoms with E-state index in [1.54, 1.807) is 6.92 Å². The van der Waals surface area contributed by atoms with Crippen molar-refractivity contribution in [2.75, 3.05) is 0 Å². The number of carbonyl (C=O) groups excluding carboxylic acids is 1. The molecule has 3 nitrogen and oxygen atoms in total. The first-order valence-corrected chi connectivity index (χ1v) is 6.03. The molecule has 0 radical (unpaired) electrons. The summed E-state index contributed by atoms with van der Waals surface area (Å²) >= 11 is 5.13. The van der Waals surface area contributed by atoms with E-state index in [9.17, 15) is 4.79 Å². The highest BCUT2D eigenvalue weighted by atomic mass is 127. The zero-order chi connectivity index (χ0) is 10.5. The van der Waals surface area contributed by atoms with Gasteiger partial charge in [-0.25, -0.2) is 4.79 Å². The fourth-order valence-electron chi connectivity index (χ4n) is 0.762. The van der Waals surface area contributed by atoms with Crippen LogP contribution in [-0.2, 0) is 9.47 Å². The lowest BCUT2D eigenvalue weighted by molar-refractivity contribution is 0.0161. The van der Waals surface area contributed by atoms with Crippen LogP contribution in [0.15, 0.2) is 0 Å². The van der Waals surface area contributed by atoms with Crippen molar-refractivity contribution in [2.45, 2.75) is 42.2 Å². The van der Waals surface area contributed by atoms with Gasteiger partial charge in [0.15, 0.2) is 0 Å². The van der Waals surface area contributed by atoms with Gasteiger partial charge in [0.25, 0.3) is 0 Å². The average Bonchev–Trinajstić information content (AvgIpc) is 1.96. The fourth-order valence-corrected chi connectivity index (χ4v) is 1.07. The molecule has 0 aliphatic carbocycles. The highest BCUT2D eigenvalue weighted by molar-refractivity contribution is 14.1. The van der Waals surface area contributed by atoms with Gasteiger partial charge >= 0.3 is 6.16 Å². The van der Waals surface area contributed by atoms with Crippen LogP contribution in [-0.4, -0.2) is 14.8 Å². The molecule has 1 atom stereocenters. The molecule has 0 heterocycles. The Labute approximate surface area is 101 Å². The van der Waals surface area contributed by atoms with Crippen LogP contribution in [0.3, 0.4) is 0 Å². The molecule has 0 rings (SSSR count). The van der Waals surface area contributed by atoms with Crippen LogP contribution in [0.25, 0.3) is 0 Å². The van der Waals surface area contributed by atoms with Gasteiger partial charge in [-0.1, -0.05) is 13.8 Å². The van der Waals surface area contributed by atoms with E-state index < -0.39 is 8.67 Å². The van der Waals surface area contributed by atoms with E-state index in [-0.39, 0.29) is 6.10 Å². The number of hydrogen-bond donors (Lipinski definition) is 0. The Hall–Kier alpha value is 0.480. The molecular formula is C8H14BrIO3. The monoisotopic (exact) mass is 364 g/mol. The average molecular weight is 365 g/mol. The van der Waals surface area contributed by atoms with Crippen LogP contribution in [0.2, 0.25) is 0 Å². The Morgan fingerprint density at radius 3 is 2.31 bits per heavy atom. The van der Waals surface area contributed by atoms with Crippen molar-refractivity contribution in [1.29, 1.82) is 0 Å². The minimum atomic E-state index is -0.687. The Morgan fingerprint density at radius 1 is 1.54 bits per heavy atom. The van der Waals surface area contributed by atoms with Crippen molar-refractivity contribution in [1.82, 2.24) is 0 Å². The summed E-state index contributed by atoms with van der Waals surface area (Å²) in [4.78, 5) is 11.1. The Bertz CT molecular complexity index is 163. The van der Waals surface area contributed by atoms with Gasteiger partial charge in [0.2, 0.25) is 2.52 Å². The van der Waals surface area contributed by atoms with E-state index >= 15 is 0 Å². The predicted octanol–water partition coefficient (Wildman–Crippen LogP) is 3.83. The molecule has 5 heteroatoms. The molecule has 78 valence electrons. The fraction of sp³-hybridized carbons (Fsp3) is 0.875. The zero-order valence-electron chi connectivity index (χ0n) is 7.97. The minimum absolute atomic E-state index is 0.0428. The van der Waals surface area contributed by atoms with Gasteiger partial charge in [-0.2, -0.15) is 0 Å². The molecule has 0 aliphatic heterocycles. The third-order valence-electron chi connectivity index (χ3n) is 1.44. The predicted molar refractivity (Wildman–Crippen MR) is 63.3 cm³/mol. The molecule has 0 bridgehead atoms. The second kappa shape index (κ2) is 6.06. The van der Waals surface area contributed by atoms with Crippen LogP contribution in [0, 0.1) is 0 Å². The Balaban J connectivity index is 3.86. The smallest absolute Gasteiger partial charge is 0.431 e. The number of alkyl halides is 2. The summed E-state index contributed by atoms with van der Waals surface area (Å²) in [5, 5.41) is 0. The first-order valence-electron chi connectivity index (χ1n) is 4.16. The second-order valence-electron chi connectivity index (χ2n) is 2.72. The summed E-state index contributed by atoms with van der Waals surface area (Å²) in [6, 6.07) is 0. The van der Waals surface area contributed by atoms with E-state index in [1.165, 1.54) is 0 Å². The standard InChI is InChI=1S/C8H14BrIO3/c1-4-6(5-2)12-7(11)13-8(3,9)10/h6H,4-5H2,1-3H3. The van der Waals surface area contributed by atoms with E-state index in [1.807, 2.05) is 36.4 Å². The van der Waals surface area contributed by atoms with Crippen molar-refractivity contribution < 1.29 is 14.3 Å². The summed E-state index contributed by atoms with van der Waals surface area (Å²) < 4.78 is 9.26. The zero-order valence-corrected chi connectivity index (χ0v) is 11.7. The van der Waals surface area contributed by atoms with E-state index in [2.05, 4.69) is 15.9 Å².